The van der Waals surface area contributed by atoms with Gasteiger partial charge < -0.3 is 10.2 Å². The lowest BCUT2D eigenvalue weighted by atomic mass is 9.99. The third-order valence-corrected chi connectivity index (χ3v) is 6.04. The molecule has 1 heterocycles. The van der Waals surface area contributed by atoms with Gasteiger partial charge in [0.1, 0.15) is 0 Å². The molecule has 0 spiro atoms. The molecule has 1 saturated heterocycles. The van der Waals surface area contributed by atoms with Gasteiger partial charge in [-0.2, -0.15) is 4.31 Å². The van der Waals surface area contributed by atoms with Crippen molar-refractivity contribution in [1.82, 2.24) is 14.5 Å². The maximum absolute atomic E-state index is 12.2. The van der Waals surface area contributed by atoms with Crippen LogP contribution < -0.4 is 5.32 Å². The summed E-state index contributed by atoms with van der Waals surface area (Å²) in [6, 6.07) is 9.31. The lowest BCUT2D eigenvalue weighted by Crippen LogP contribution is -2.41. The molecule has 2 rings (SSSR count). The molecule has 0 unspecified atom stereocenters. The fraction of sp³-hybridized carbons (Fsp3) is 0.632. The highest BCUT2D eigenvalue weighted by Crippen LogP contribution is 2.15. The van der Waals surface area contributed by atoms with E-state index in [2.05, 4.69) is 17.1 Å². The number of carbonyl (C=O) groups excluding carboxylic acids is 1. The minimum atomic E-state index is -3.45. The Morgan fingerprint density at radius 1 is 1.23 bits per heavy atom. The van der Waals surface area contributed by atoms with Crippen molar-refractivity contribution < 1.29 is 13.2 Å². The number of hydrogen-bond donors (Lipinski definition) is 1. The van der Waals surface area contributed by atoms with Gasteiger partial charge in [0.05, 0.1) is 12.8 Å². The van der Waals surface area contributed by atoms with Crippen molar-refractivity contribution in [3.05, 3.63) is 35.9 Å². The molecule has 0 saturated carbocycles. The smallest absolute Gasteiger partial charge is 0.235 e. The SMILES string of the molecule is CC1CCN(CCCNC(=O)CN(Cc2ccccc2)S(C)(=O)=O)CC1. The summed E-state index contributed by atoms with van der Waals surface area (Å²) in [5.74, 6) is 0.566. The Kier molecular flexibility index (Phi) is 8.06. The van der Waals surface area contributed by atoms with E-state index in [0.29, 0.717) is 6.54 Å². The summed E-state index contributed by atoms with van der Waals surface area (Å²) in [5, 5.41) is 2.85. The predicted molar refractivity (Wildman–Crippen MR) is 104 cm³/mol. The minimum absolute atomic E-state index is 0.144. The van der Waals surface area contributed by atoms with Crippen LogP contribution in [0.4, 0.5) is 0 Å². The van der Waals surface area contributed by atoms with Crippen molar-refractivity contribution in [2.75, 3.05) is 39.0 Å². The van der Waals surface area contributed by atoms with E-state index >= 15 is 0 Å². The Hall–Kier alpha value is -1.44. The number of likely N-dealkylation sites (tertiary alicyclic amines) is 1. The van der Waals surface area contributed by atoms with E-state index in [9.17, 15) is 13.2 Å². The fourth-order valence-corrected chi connectivity index (χ4v) is 3.85. The number of hydrogen-bond acceptors (Lipinski definition) is 4. The molecular formula is C19H31N3O3S. The van der Waals surface area contributed by atoms with Crippen LogP contribution in [0.5, 0.6) is 0 Å². The Balaban J connectivity index is 1.73. The van der Waals surface area contributed by atoms with E-state index in [4.69, 9.17) is 0 Å². The van der Waals surface area contributed by atoms with Crippen LogP contribution in [0.3, 0.4) is 0 Å². The van der Waals surface area contributed by atoms with Crippen molar-refractivity contribution >= 4 is 15.9 Å². The molecule has 1 aliphatic rings. The molecule has 1 fully saturated rings. The largest absolute Gasteiger partial charge is 0.355 e. The van der Waals surface area contributed by atoms with Crippen LogP contribution in [-0.4, -0.2) is 62.5 Å². The molecule has 0 atom stereocenters. The number of benzene rings is 1. The first-order valence-electron chi connectivity index (χ1n) is 9.32. The predicted octanol–water partition coefficient (Wildman–Crippen LogP) is 1.69. The molecule has 1 aromatic carbocycles. The van der Waals surface area contributed by atoms with Crippen molar-refractivity contribution in [1.29, 1.82) is 0 Å². The molecule has 1 N–H and O–H groups in total. The highest BCUT2D eigenvalue weighted by Gasteiger charge is 2.20. The summed E-state index contributed by atoms with van der Waals surface area (Å²) in [7, 11) is -3.45. The van der Waals surface area contributed by atoms with Gasteiger partial charge in [-0.1, -0.05) is 37.3 Å². The van der Waals surface area contributed by atoms with Gasteiger partial charge in [-0.3, -0.25) is 4.79 Å². The maximum Gasteiger partial charge on any atom is 0.235 e. The zero-order chi connectivity index (χ0) is 19.0. The van der Waals surface area contributed by atoms with E-state index < -0.39 is 10.0 Å². The second kappa shape index (κ2) is 10.0. The molecule has 1 aliphatic heterocycles. The zero-order valence-electron chi connectivity index (χ0n) is 15.9. The van der Waals surface area contributed by atoms with E-state index in [-0.39, 0.29) is 19.0 Å². The van der Waals surface area contributed by atoms with E-state index in [1.807, 2.05) is 30.3 Å². The number of nitrogens with one attached hydrogen (secondary N) is 1. The molecule has 26 heavy (non-hydrogen) atoms. The number of nitrogens with zero attached hydrogens (tertiary/aromatic N) is 2. The number of carbonyl (C=O) groups is 1. The summed E-state index contributed by atoms with van der Waals surface area (Å²) >= 11 is 0. The van der Waals surface area contributed by atoms with Crippen LogP contribution >= 0.6 is 0 Å². The van der Waals surface area contributed by atoms with Gasteiger partial charge in [0.2, 0.25) is 15.9 Å². The minimum Gasteiger partial charge on any atom is -0.355 e. The lowest BCUT2D eigenvalue weighted by molar-refractivity contribution is -0.121. The number of amides is 1. The Morgan fingerprint density at radius 3 is 2.50 bits per heavy atom. The van der Waals surface area contributed by atoms with Crippen molar-refractivity contribution in [3.8, 4) is 0 Å². The van der Waals surface area contributed by atoms with Gasteiger partial charge >= 0.3 is 0 Å². The van der Waals surface area contributed by atoms with Gasteiger partial charge in [-0.05, 0) is 50.4 Å². The van der Waals surface area contributed by atoms with Crippen LogP contribution in [0.25, 0.3) is 0 Å². The summed E-state index contributed by atoms with van der Waals surface area (Å²) in [6.07, 6.45) is 4.52. The van der Waals surface area contributed by atoms with Crippen molar-refractivity contribution in [2.24, 2.45) is 5.92 Å². The normalized spacial score (nSPS) is 16.7. The van der Waals surface area contributed by atoms with Crippen molar-refractivity contribution in [3.63, 3.8) is 0 Å². The van der Waals surface area contributed by atoms with Gasteiger partial charge in [-0.25, -0.2) is 8.42 Å². The highest BCUT2D eigenvalue weighted by atomic mass is 32.2. The summed E-state index contributed by atoms with van der Waals surface area (Å²) in [5.41, 5.74) is 0.866. The topological polar surface area (TPSA) is 69.7 Å². The quantitative estimate of drug-likeness (QED) is 0.661. The van der Waals surface area contributed by atoms with E-state index in [0.717, 1.165) is 43.8 Å². The van der Waals surface area contributed by atoms with Gasteiger partial charge in [-0.15, -0.1) is 0 Å². The average molecular weight is 382 g/mol. The molecule has 0 aromatic heterocycles. The first-order valence-corrected chi connectivity index (χ1v) is 11.2. The van der Waals surface area contributed by atoms with Gasteiger partial charge in [0, 0.05) is 13.1 Å². The molecule has 0 radical (unpaired) electrons. The average Bonchev–Trinajstić information content (AvgIpc) is 2.60. The van der Waals surface area contributed by atoms with Crippen LogP contribution in [-0.2, 0) is 21.4 Å². The Labute approximate surface area is 157 Å². The monoisotopic (exact) mass is 381 g/mol. The third-order valence-electron chi connectivity index (χ3n) is 4.84. The Morgan fingerprint density at radius 2 is 1.88 bits per heavy atom. The summed E-state index contributed by atoms with van der Waals surface area (Å²) in [4.78, 5) is 14.6. The van der Waals surface area contributed by atoms with Crippen LogP contribution in [0.1, 0.15) is 31.7 Å². The van der Waals surface area contributed by atoms with Crippen LogP contribution in [0.2, 0.25) is 0 Å². The molecule has 1 amide bonds. The highest BCUT2D eigenvalue weighted by molar-refractivity contribution is 7.88. The van der Waals surface area contributed by atoms with E-state index in [1.54, 1.807) is 0 Å². The molecule has 1 aromatic rings. The molecule has 0 bridgehead atoms. The molecular weight excluding hydrogens is 350 g/mol. The molecule has 146 valence electrons. The van der Waals surface area contributed by atoms with E-state index in [1.165, 1.54) is 17.1 Å². The van der Waals surface area contributed by atoms with Crippen LogP contribution in [0, 0.1) is 5.92 Å². The van der Waals surface area contributed by atoms with Crippen molar-refractivity contribution in [2.45, 2.75) is 32.7 Å². The number of rotatable bonds is 9. The molecule has 0 aliphatic carbocycles. The standard InChI is InChI=1S/C19H31N3O3S/c1-17-9-13-21(14-10-17)12-6-11-20-19(23)16-22(26(2,24)25)15-18-7-4-3-5-8-18/h3-5,7-8,17H,6,9-16H2,1-2H3,(H,20,23). The van der Waals surface area contributed by atoms with Gasteiger partial charge in [0.15, 0.2) is 0 Å². The third kappa shape index (κ3) is 7.43. The zero-order valence-corrected chi connectivity index (χ0v) is 16.7. The second-order valence-corrected chi connectivity index (χ2v) is 9.23. The lowest BCUT2D eigenvalue weighted by Gasteiger charge is -2.30. The number of sulfonamides is 1. The summed E-state index contributed by atoms with van der Waals surface area (Å²) < 4.78 is 25.2. The second-order valence-electron chi connectivity index (χ2n) is 7.24. The maximum atomic E-state index is 12.2. The Bertz CT molecular complexity index is 656. The van der Waals surface area contributed by atoms with Crippen LogP contribution in [0.15, 0.2) is 30.3 Å². The molecule has 7 heteroatoms. The molecule has 6 nitrogen and oxygen atoms in total. The first-order chi connectivity index (χ1) is 12.3. The van der Waals surface area contributed by atoms with Gasteiger partial charge in [0.25, 0.3) is 0 Å². The number of piperidine rings is 1. The summed E-state index contributed by atoms with van der Waals surface area (Å²) in [6.45, 7) is 6.18. The fourth-order valence-electron chi connectivity index (χ4n) is 3.11. The first kappa shape index (κ1) is 20.9.